The molecule has 0 aromatic carbocycles. The first-order valence-corrected chi connectivity index (χ1v) is 6.22. The Balaban J connectivity index is 2.79. The van der Waals surface area contributed by atoms with Crippen molar-refractivity contribution in [2.45, 2.75) is 12.6 Å². The number of anilines is 1. The van der Waals surface area contributed by atoms with Gasteiger partial charge in [-0.2, -0.15) is 13.2 Å². The van der Waals surface area contributed by atoms with E-state index >= 15 is 0 Å². The smallest absolute Gasteiger partial charge is 0.417 e. The van der Waals surface area contributed by atoms with Crippen molar-refractivity contribution in [1.82, 2.24) is 4.98 Å². The van der Waals surface area contributed by atoms with E-state index in [2.05, 4.69) is 9.72 Å². The first-order chi connectivity index (χ1) is 9.88. The molecule has 0 amide bonds. The van der Waals surface area contributed by atoms with Gasteiger partial charge in [0.1, 0.15) is 5.82 Å². The fourth-order valence-electron chi connectivity index (χ4n) is 1.61. The molecule has 0 aliphatic rings. The van der Waals surface area contributed by atoms with Gasteiger partial charge in [-0.05, 0) is 12.1 Å². The Hall–Kier alpha value is -1.83. The quantitative estimate of drug-likeness (QED) is 0.722. The van der Waals surface area contributed by atoms with Crippen molar-refractivity contribution in [3.63, 3.8) is 0 Å². The summed E-state index contributed by atoms with van der Waals surface area (Å²) in [5.74, 6) is -0.0479. The summed E-state index contributed by atoms with van der Waals surface area (Å²) >= 11 is 0. The van der Waals surface area contributed by atoms with E-state index in [4.69, 9.17) is 4.74 Å². The van der Waals surface area contributed by atoms with Gasteiger partial charge in [-0.1, -0.05) is 0 Å². The second-order valence-corrected chi connectivity index (χ2v) is 4.21. The number of pyridine rings is 1. The van der Waals surface area contributed by atoms with Crippen LogP contribution in [0, 0.1) is 0 Å². The second-order valence-electron chi connectivity index (χ2n) is 4.21. The third kappa shape index (κ3) is 5.58. The maximum atomic E-state index is 12.5. The van der Waals surface area contributed by atoms with Crippen molar-refractivity contribution < 1.29 is 27.4 Å². The fraction of sp³-hybridized carbons (Fsp3) is 0.538. The highest BCUT2D eigenvalue weighted by Crippen LogP contribution is 2.29. The van der Waals surface area contributed by atoms with Gasteiger partial charge in [-0.3, -0.25) is 4.79 Å². The van der Waals surface area contributed by atoms with Crippen LogP contribution < -0.4 is 4.90 Å². The summed E-state index contributed by atoms with van der Waals surface area (Å²) in [6.45, 7) is 1.06. The van der Waals surface area contributed by atoms with Crippen LogP contribution in [-0.4, -0.2) is 44.9 Å². The highest BCUT2D eigenvalue weighted by molar-refractivity contribution is 5.69. The molecule has 21 heavy (non-hydrogen) atoms. The molecular weight excluding hydrogens is 289 g/mol. The van der Waals surface area contributed by atoms with E-state index in [1.54, 1.807) is 4.90 Å². The van der Waals surface area contributed by atoms with E-state index in [9.17, 15) is 18.0 Å². The van der Waals surface area contributed by atoms with Crippen molar-refractivity contribution >= 4 is 11.8 Å². The van der Waals surface area contributed by atoms with E-state index in [-0.39, 0.29) is 13.0 Å². The van der Waals surface area contributed by atoms with Gasteiger partial charge in [0.05, 0.1) is 25.7 Å². The average Bonchev–Trinajstić information content (AvgIpc) is 2.46. The Morgan fingerprint density at radius 2 is 2.00 bits per heavy atom. The molecule has 0 saturated carbocycles. The zero-order chi connectivity index (χ0) is 15.9. The van der Waals surface area contributed by atoms with Crippen LogP contribution in [0.2, 0.25) is 0 Å². The SMILES string of the molecule is COCCN(CCC(=O)OC)c1ccc(C(F)(F)F)cn1. The normalized spacial score (nSPS) is 11.3. The number of hydrogen-bond donors (Lipinski definition) is 0. The van der Waals surface area contributed by atoms with Crippen molar-refractivity contribution in [2.75, 3.05) is 38.8 Å². The summed E-state index contributed by atoms with van der Waals surface area (Å²) in [5.41, 5.74) is -0.814. The molecule has 8 heteroatoms. The molecule has 1 aromatic heterocycles. The van der Waals surface area contributed by atoms with Crippen molar-refractivity contribution in [3.8, 4) is 0 Å². The molecular formula is C13H17F3N2O3. The maximum absolute atomic E-state index is 12.5. The number of carbonyl (C=O) groups excluding carboxylic acids is 1. The summed E-state index contributed by atoms with van der Waals surface area (Å²) in [6.07, 6.45) is -3.54. The van der Waals surface area contributed by atoms with Gasteiger partial charge >= 0.3 is 12.1 Å². The predicted molar refractivity (Wildman–Crippen MR) is 70.0 cm³/mol. The first-order valence-electron chi connectivity index (χ1n) is 6.22. The van der Waals surface area contributed by atoms with Gasteiger partial charge in [-0.25, -0.2) is 4.98 Å². The zero-order valence-electron chi connectivity index (χ0n) is 11.8. The first kappa shape index (κ1) is 17.2. The molecule has 5 nitrogen and oxygen atoms in total. The summed E-state index contributed by atoms with van der Waals surface area (Å²) in [5, 5.41) is 0. The molecule has 0 spiro atoms. The summed E-state index contributed by atoms with van der Waals surface area (Å²) in [6, 6.07) is 2.23. The molecule has 0 N–H and O–H groups in total. The number of halogens is 3. The van der Waals surface area contributed by atoms with Gasteiger partial charge in [0.2, 0.25) is 0 Å². The van der Waals surface area contributed by atoms with Crippen molar-refractivity contribution in [2.24, 2.45) is 0 Å². The van der Waals surface area contributed by atoms with E-state index in [1.165, 1.54) is 20.3 Å². The molecule has 0 atom stereocenters. The number of nitrogens with zero attached hydrogens (tertiary/aromatic N) is 2. The molecule has 0 aliphatic heterocycles. The lowest BCUT2D eigenvalue weighted by molar-refractivity contribution is -0.140. The largest absolute Gasteiger partial charge is 0.469 e. The Kier molecular flexibility index (Phi) is 6.41. The van der Waals surface area contributed by atoms with Crippen LogP contribution in [-0.2, 0) is 20.4 Å². The number of ether oxygens (including phenoxy) is 2. The lowest BCUT2D eigenvalue weighted by Crippen LogP contribution is -2.30. The molecule has 0 unspecified atom stereocenters. The number of esters is 1. The Bertz CT molecular complexity index is 449. The molecule has 1 rings (SSSR count). The lowest BCUT2D eigenvalue weighted by atomic mass is 10.2. The standard InChI is InChI=1S/C13H17F3N2O3/c1-20-8-7-18(6-5-12(19)21-2)11-4-3-10(9-17-11)13(14,15)16/h3-4,9H,5-8H2,1-2H3. The van der Waals surface area contributed by atoms with E-state index in [0.717, 1.165) is 12.3 Å². The molecule has 1 aromatic rings. The third-order valence-corrected chi connectivity index (χ3v) is 2.78. The Morgan fingerprint density at radius 3 is 2.48 bits per heavy atom. The number of alkyl halides is 3. The predicted octanol–water partition coefficient (Wildman–Crippen LogP) is 2.12. The van der Waals surface area contributed by atoms with E-state index in [0.29, 0.717) is 19.0 Å². The van der Waals surface area contributed by atoms with Crippen LogP contribution in [0.3, 0.4) is 0 Å². The molecule has 0 fully saturated rings. The van der Waals surface area contributed by atoms with E-state index in [1.807, 2.05) is 0 Å². The molecule has 0 saturated heterocycles. The van der Waals surface area contributed by atoms with Crippen LogP contribution in [0.5, 0.6) is 0 Å². The average molecular weight is 306 g/mol. The van der Waals surface area contributed by atoms with Gasteiger partial charge in [0.15, 0.2) is 0 Å². The minimum absolute atomic E-state index is 0.114. The summed E-state index contributed by atoms with van der Waals surface area (Å²) in [7, 11) is 2.79. The monoisotopic (exact) mass is 306 g/mol. The molecule has 0 bridgehead atoms. The topological polar surface area (TPSA) is 51.7 Å². The van der Waals surface area contributed by atoms with Gasteiger partial charge in [0.25, 0.3) is 0 Å². The van der Waals surface area contributed by atoms with Gasteiger partial charge in [0, 0.05) is 26.4 Å². The minimum atomic E-state index is -4.42. The molecule has 0 radical (unpaired) electrons. The van der Waals surface area contributed by atoms with Gasteiger partial charge in [-0.15, -0.1) is 0 Å². The van der Waals surface area contributed by atoms with Crippen molar-refractivity contribution in [3.05, 3.63) is 23.9 Å². The fourth-order valence-corrected chi connectivity index (χ4v) is 1.61. The van der Waals surface area contributed by atoms with E-state index < -0.39 is 17.7 Å². The highest BCUT2D eigenvalue weighted by atomic mass is 19.4. The van der Waals surface area contributed by atoms with Crippen LogP contribution in [0.15, 0.2) is 18.3 Å². The number of carbonyl (C=O) groups is 1. The number of rotatable bonds is 7. The lowest BCUT2D eigenvalue weighted by Gasteiger charge is -2.23. The summed E-state index contributed by atoms with van der Waals surface area (Å²) in [4.78, 5) is 16.6. The maximum Gasteiger partial charge on any atom is 0.417 e. The Labute approximate surface area is 120 Å². The number of hydrogen-bond acceptors (Lipinski definition) is 5. The van der Waals surface area contributed by atoms with Crippen molar-refractivity contribution in [1.29, 1.82) is 0 Å². The highest BCUT2D eigenvalue weighted by Gasteiger charge is 2.30. The van der Waals surface area contributed by atoms with Crippen LogP contribution in [0.1, 0.15) is 12.0 Å². The number of aromatic nitrogens is 1. The molecule has 118 valence electrons. The summed E-state index contributed by atoms with van der Waals surface area (Å²) < 4.78 is 46.9. The molecule has 0 aliphatic carbocycles. The third-order valence-electron chi connectivity index (χ3n) is 2.78. The minimum Gasteiger partial charge on any atom is -0.469 e. The second kappa shape index (κ2) is 7.82. The van der Waals surface area contributed by atoms with Crippen LogP contribution in [0.4, 0.5) is 19.0 Å². The van der Waals surface area contributed by atoms with Crippen LogP contribution >= 0.6 is 0 Å². The zero-order valence-corrected chi connectivity index (χ0v) is 11.8. The van der Waals surface area contributed by atoms with Gasteiger partial charge < -0.3 is 14.4 Å². The number of methoxy groups -OCH3 is 2. The Morgan fingerprint density at radius 1 is 1.29 bits per heavy atom. The molecule has 1 heterocycles. The van der Waals surface area contributed by atoms with Crippen LogP contribution in [0.25, 0.3) is 0 Å².